The molecule has 30 heavy (non-hydrogen) atoms. The van der Waals surface area contributed by atoms with Crippen LogP contribution in [0, 0.1) is 0 Å². The fraction of sp³-hybridized carbons (Fsp3) is 0.391. The highest BCUT2D eigenvalue weighted by atomic mass is 16.3. The molecule has 4 rings (SSSR count). The number of likely N-dealkylation sites (tertiary alicyclic amines) is 1. The van der Waals surface area contributed by atoms with Crippen LogP contribution >= 0.6 is 0 Å². The lowest BCUT2D eigenvalue weighted by Crippen LogP contribution is -2.36. The summed E-state index contributed by atoms with van der Waals surface area (Å²) >= 11 is 0. The summed E-state index contributed by atoms with van der Waals surface area (Å²) in [5, 5.41) is 27.4. The predicted molar refractivity (Wildman–Crippen MR) is 116 cm³/mol. The van der Waals surface area contributed by atoms with Crippen molar-refractivity contribution in [2.75, 3.05) is 13.1 Å². The van der Waals surface area contributed by atoms with Crippen LogP contribution in [0.15, 0.2) is 47.3 Å². The molecule has 0 unspecified atom stereocenters. The normalized spacial score (nSPS) is 15.7. The molecule has 0 spiro atoms. The third-order valence-electron chi connectivity index (χ3n) is 5.88. The first-order valence-electron chi connectivity index (χ1n) is 10.4. The van der Waals surface area contributed by atoms with Gasteiger partial charge in [-0.1, -0.05) is 44.2 Å². The minimum absolute atomic E-state index is 0.00831. The summed E-state index contributed by atoms with van der Waals surface area (Å²) in [5.41, 5.74) is 2.18. The van der Waals surface area contributed by atoms with Crippen LogP contribution in [0.2, 0.25) is 0 Å². The van der Waals surface area contributed by atoms with Gasteiger partial charge in [-0.2, -0.15) is 5.10 Å². The van der Waals surface area contributed by atoms with Crippen molar-refractivity contribution in [3.63, 3.8) is 0 Å². The van der Waals surface area contributed by atoms with E-state index in [0.29, 0.717) is 17.0 Å². The summed E-state index contributed by atoms with van der Waals surface area (Å²) < 4.78 is 1.66. The van der Waals surface area contributed by atoms with E-state index in [9.17, 15) is 15.0 Å². The molecule has 0 amide bonds. The maximum atomic E-state index is 12.6. The Bertz CT molecular complexity index is 1060. The van der Waals surface area contributed by atoms with Gasteiger partial charge >= 0.3 is 5.69 Å². The minimum atomic E-state index is -0.273. The van der Waals surface area contributed by atoms with Crippen LogP contribution in [0.25, 0.3) is 11.4 Å². The van der Waals surface area contributed by atoms with Gasteiger partial charge in [0.15, 0.2) is 5.82 Å². The lowest BCUT2D eigenvalue weighted by molar-refractivity contribution is 0.178. The van der Waals surface area contributed by atoms with E-state index >= 15 is 0 Å². The molecule has 0 aliphatic carbocycles. The zero-order valence-corrected chi connectivity index (χ0v) is 17.4. The monoisotopic (exact) mass is 408 g/mol. The predicted octanol–water partition coefficient (Wildman–Crippen LogP) is 3.61. The van der Waals surface area contributed by atoms with Crippen molar-refractivity contribution >= 4 is 0 Å². The number of H-pyrrole nitrogens is 1. The summed E-state index contributed by atoms with van der Waals surface area (Å²) in [6.45, 7) is 6.61. The second kappa shape index (κ2) is 8.36. The van der Waals surface area contributed by atoms with Gasteiger partial charge in [-0.3, -0.25) is 9.47 Å². The Morgan fingerprint density at radius 3 is 2.47 bits per heavy atom. The lowest BCUT2D eigenvalue weighted by atomic mass is 9.98. The van der Waals surface area contributed by atoms with E-state index in [0.717, 1.165) is 32.5 Å². The topological polar surface area (TPSA) is 94.4 Å². The molecule has 1 aliphatic rings. The number of rotatable bonds is 5. The van der Waals surface area contributed by atoms with Crippen molar-refractivity contribution in [3.05, 3.63) is 64.1 Å². The number of phenols is 2. The zero-order chi connectivity index (χ0) is 21.3. The summed E-state index contributed by atoms with van der Waals surface area (Å²) in [6.07, 6.45) is 1.66. The van der Waals surface area contributed by atoms with Gasteiger partial charge in [0.05, 0.1) is 5.56 Å². The molecule has 2 heterocycles. The third-order valence-corrected chi connectivity index (χ3v) is 5.88. The molecule has 3 aromatic rings. The van der Waals surface area contributed by atoms with Gasteiger partial charge in [0.25, 0.3) is 0 Å². The molecular formula is C23H28N4O3. The van der Waals surface area contributed by atoms with Crippen molar-refractivity contribution < 1.29 is 10.2 Å². The highest BCUT2D eigenvalue weighted by Gasteiger charge is 2.26. The number of aromatic amines is 1. The number of hydrogen-bond donors (Lipinski definition) is 3. The Kier molecular flexibility index (Phi) is 5.63. The molecule has 7 heteroatoms. The quantitative estimate of drug-likeness (QED) is 0.600. The van der Waals surface area contributed by atoms with Gasteiger partial charge in [0, 0.05) is 31.7 Å². The zero-order valence-electron chi connectivity index (χ0n) is 17.4. The van der Waals surface area contributed by atoms with E-state index in [2.05, 4.69) is 39.4 Å². The second-order valence-electron chi connectivity index (χ2n) is 8.30. The van der Waals surface area contributed by atoms with E-state index in [1.807, 2.05) is 19.9 Å². The largest absolute Gasteiger partial charge is 0.508 e. The summed E-state index contributed by atoms with van der Waals surface area (Å²) in [6, 6.07) is 13.4. The first-order chi connectivity index (χ1) is 14.4. The summed E-state index contributed by atoms with van der Waals surface area (Å²) in [4.78, 5) is 15.0. The molecule has 0 saturated carbocycles. The molecule has 2 aromatic carbocycles. The molecule has 1 aromatic heterocycles. The fourth-order valence-electron chi connectivity index (χ4n) is 4.25. The number of nitrogens with zero attached hydrogens (tertiary/aromatic N) is 3. The molecule has 158 valence electrons. The van der Waals surface area contributed by atoms with E-state index in [1.165, 1.54) is 11.6 Å². The van der Waals surface area contributed by atoms with Crippen molar-refractivity contribution in [1.82, 2.24) is 19.7 Å². The smallest absolute Gasteiger partial charge is 0.343 e. The van der Waals surface area contributed by atoms with Gasteiger partial charge < -0.3 is 10.2 Å². The molecule has 0 atom stereocenters. The maximum Gasteiger partial charge on any atom is 0.343 e. The summed E-state index contributed by atoms with van der Waals surface area (Å²) in [5.74, 6) is 0.453. The Hall–Kier alpha value is -3.06. The highest BCUT2D eigenvalue weighted by molar-refractivity contribution is 5.67. The van der Waals surface area contributed by atoms with Gasteiger partial charge in [-0.25, -0.2) is 9.89 Å². The Labute approximate surface area is 175 Å². The Balaban J connectivity index is 1.57. The van der Waals surface area contributed by atoms with Gasteiger partial charge in [-0.15, -0.1) is 0 Å². The molecule has 0 radical (unpaired) electrons. The molecule has 3 N–H and O–H groups in total. The Morgan fingerprint density at radius 2 is 1.80 bits per heavy atom. The van der Waals surface area contributed by atoms with Crippen molar-refractivity contribution in [1.29, 1.82) is 0 Å². The number of piperidine rings is 1. The number of aromatic nitrogens is 3. The lowest BCUT2D eigenvalue weighted by Gasteiger charge is -2.32. The van der Waals surface area contributed by atoms with Gasteiger partial charge in [0.1, 0.15) is 11.5 Å². The standard InChI is InChI=1S/C23H28N4O3/c1-15(2)18-12-19(21(29)13-20(18)28)22-24-25-23(30)27(22)17-8-10-26(11-9-17)14-16-6-4-3-5-7-16/h3-7,12-13,15,17,28-29H,8-11,14H2,1-2H3,(H,25,30). The first-order valence-corrected chi connectivity index (χ1v) is 10.4. The van der Waals surface area contributed by atoms with Crippen LogP contribution in [-0.4, -0.2) is 43.0 Å². The average Bonchev–Trinajstić information content (AvgIpc) is 3.10. The first kappa shape index (κ1) is 20.2. The van der Waals surface area contributed by atoms with Crippen LogP contribution in [0.3, 0.4) is 0 Å². The van der Waals surface area contributed by atoms with Crippen molar-refractivity contribution in [3.8, 4) is 22.9 Å². The van der Waals surface area contributed by atoms with Gasteiger partial charge in [0.2, 0.25) is 0 Å². The fourth-order valence-corrected chi connectivity index (χ4v) is 4.25. The number of nitrogens with one attached hydrogen (secondary N) is 1. The molecule has 1 aliphatic heterocycles. The van der Waals surface area contributed by atoms with Gasteiger partial charge in [-0.05, 0) is 36.0 Å². The Morgan fingerprint density at radius 1 is 1.10 bits per heavy atom. The average molecular weight is 409 g/mol. The van der Waals surface area contributed by atoms with Crippen LogP contribution < -0.4 is 5.69 Å². The second-order valence-corrected chi connectivity index (χ2v) is 8.30. The molecule has 1 fully saturated rings. The summed E-state index contributed by atoms with van der Waals surface area (Å²) in [7, 11) is 0. The van der Waals surface area contributed by atoms with Crippen LogP contribution in [0.4, 0.5) is 0 Å². The van der Waals surface area contributed by atoms with E-state index < -0.39 is 0 Å². The number of benzene rings is 2. The van der Waals surface area contributed by atoms with Crippen LogP contribution in [0.1, 0.15) is 49.8 Å². The van der Waals surface area contributed by atoms with Crippen molar-refractivity contribution in [2.24, 2.45) is 0 Å². The van der Waals surface area contributed by atoms with E-state index in [1.54, 1.807) is 10.6 Å². The van der Waals surface area contributed by atoms with E-state index in [-0.39, 0.29) is 29.1 Å². The van der Waals surface area contributed by atoms with Crippen LogP contribution in [-0.2, 0) is 6.54 Å². The molecule has 0 bridgehead atoms. The van der Waals surface area contributed by atoms with E-state index in [4.69, 9.17) is 0 Å². The molecular weight excluding hydrogens is 380 g/mol. The van der Waals surface area contributed by atoms with Crippen molar-refractivity contribution in [2.45, 2.75) is 45.2 Å². The maximum absolute atomic E-state index is 12.6. The third kappa shape index (κ3) is 3.98. The number of aromatic hydroxyl groups is 2. The SMILES string of the molecule is CC(C)c1cc(-c2n[nH]c(=O)n2C2CCN(Cc3ccccc3)CC2)c(O)cc1O. The highest BCUT2D eigenvalue weighted by Crippen LogP contribution is 2.38. The molecule has 7 nitrogen and oxygen atoms in total. The molecule has 1 saturated heterocycles. The number of hydrogen-bond acceptors (Lipinski definition) is 5. The van der Waals surface area contributed by atoms with Crippen LogP contribution in [0.5, 0.6) is 11.5 Å². The minimum Gasteiger partial charge on any atom is -0.508 e. The number of phenolic OH excluding ortho intramolecular Hbond substituents is 2.